The molecular weight excluding hydrogens is 264 g/mol. The van der Waals surface area contributed by atoms with Crippen molar-refractivity contribution in [3.63, 3.8) is 0 Å². The van der Waals surface area contributed by atoms with Crippen LogP contribution in [0.3, 0.4) is 0 Å². The molecule has 0 spiro atoms. The third kappa shape index (κ3) is 2.49. The highest BCUT2D eigenvalue weighted by Gasteiger charge is 2.28. The maximum absolute atomic E-state index is 12.6. The Labute approximate surface area is 124 Å². The van der Waals surface area contributed by atoms with Gasteiger partial charge < -0.3 is 9.64 Å². The van der Waals surface area contributed by atoms with Crippen LogP contribution in [0, 0.1) is 0 Å². The average Bonchev–Trinajstić information content (AvgIpc) is 2.55. The average molecular weight is 282 g/mol. The first kappa shape index (κ1) is 13.6. The van der Waals surface area contributed by atoms with E-state index in [1.807, 2.05) is 17.0 Å². The zero-order chi connectivity index (χ0) is 14.8. The van der Waals surface area contributed by atoms with Crippen LogP contribution in [0.4, 0.5) is 0 Å². The topological polar surface area (TPSA) is 42.4 Å². The van der Waals surface area contributed by atoms with E-state index in [4.69, 9.17) is 4.74 Å². The van der Waals surface area contributed by atoms with Gasteiger partial charge in [0.1, 0.15) is 5.75 Å². The summed E-state index contributed by atoms with van der Waals surface area (Å²) < 4.78 is 5.30. The van der Waals surface area contributed by atoms with Gasteiger partial charge in [-0.05, 0) is 48.7 Å². The standard InChI is InChI=1S/C17H18N2O2/c1-12-16-11-15(21-2)4-3-13(16)7-10-19(12)17(20)14-5-8-18-9-6-14/h3-6,8-9,11-12H,7,10H2,1-2H3. The van der Waals surface area contributed by atoms with Gasteiger partial charge in [0.2, 0.25) is 0 Å². The number of pyridine rings is 1. The van der Waals surface area contributed by atoms with Gasteiger partial charge in [-0.3, -0.25) is 9.78 Å². The largest absolute Gasteiger partial charge is 0.497 e. The highest BCUT2D eigenvalue weighted by molar-refractivity contribution is 5.94. The summed E-state index contributed by atoms with van der Waals surface area (Å²) in [5.74, 6) is 0.886. The van der Waals surface area contributed by atoms with E-state index in [1.54, 1.807) is 31.6 Å². The zero-order valence-electron chi connectivity index (χ0n) is 12.2. The number of nitrogens with zero attached hydrogens (tertiary/aromatic N) is 2. The maximum atomic E-state index is 12.6. The van der Waals surface area contributed by atoms with Gasteiger partial charge in [-0.1, -0.05) is 6.07 Å². The van der Waals surface area contributed by atoms with Crippen LogP contribution in [-0.2, 0) is 6.42 Å². The number of aromatic nitrogens is 1. The van der Waals surface area contributed by atoms with Crippen molar-refractivity contribution in [2.45, 2.75) is 19.4 Å². The Hall–Kier alpha value is -2.36. The van der Waals surface area contributed by atoms with E-state index in [2.05, 4.69) is 18.0 Å². The molecule has 0 saturated carbocycles. The molecule has 0 radical (unpaired) electrons. The molecule has 0 N–H and O–H groups in total. The van der Waals surface area contributed by atoms with Crippen molar-refractivity contribution in [2.75, 3.05) is 13.7 Å². The number of fused-ring (bicyclic) bond motifs is 1. The van der Waals surface area contributed by atoms with Crippen LogP contribution in [0.2, 0.25) is 0 Å². The molecule has 0 bridgehead atoms. The minimum Gasteiger partial charge on any atom is -0.497 e. The quantitative estimate of drug-likeness (QED) is 0.850. The summed E-state index contributed by atoms with van der Waals surface area (Å²) in [6.45, 7) is 2.80. The third-order valence-corrected chi connectivity index (χ3v) is 4.08. The summed E-state index contributed by atoms with van der Waals surface area (Å²) in [4.78, 5) is 18.5. The minimum atomic E-state index is 0.0458. The van der Waals surface area contributed by atoms with Crippen molar-refractivity contribution in [1.82, 2.24) is 9.88 Å². The van der Waals surface area contributed by atoms with Gasteiger partial charge in [-0.15, -0.1) is 0 Å². The van der Waals surface area contributed by atoms with Crippen molar-refractivity contribution >= 4 is 5.91 Å². The molecule has 0 saturated heterocycles. The fourth-order valence-corrected chi connectivity index (χ4v) is 2.86. The van der Waals surface area contributed by atoms with E-state index in [0.29, 0.717) is 5.56 Å². The lowest BCUT2D eigenvalue weighted by Crippen LogP contribution is -2.38. The Morgan fingerprint density at radius 1 is 1.29 bits per heavy atom. The smallest absolute Gasteiger partial charge is 0.254 e. The van der Waals surface area contributed by atoms with Gasteiger partial charge in [-0.25, -0.2) is 0 Å². The van der Waals surface area contributed by atoms with Crippen molar-refractivity contribution in [1.29, 1.82) is 0 Å². The number of rotatable bonds is 2. The number of hydrogen-bond donors (Lipinski definition) is 0. The van der Waals surface area contributed by atoms with Crippen LogP contribution in [0.5, 0.6) is 5.75 Å². The molecule has 1 unspecified atom stereocenters. The summed E-state index contributed by atoms with van der Waals surface area (Å²) >= 11 is 0. The fourth-order valence-electron chi connectivity index (χ4n) is 2.86. The predicted molar refractivity (Wildman–Crippen MR) is 80.4 cm³/mol. The summed E-state index contributed by atoms with van der Waals surface area (Å²) in [5, 5.41) is 0. The molecule has 3 rings (SSSR count). The number of amides is 1. The second kappa shape index (κ2) is 5.56. The van der Waals surface area contributed by atoms with E-state index in [0.717, 1.165) is 18.7 Å². The highest BCUT2D eigenvalue weighted by Crippen LogP contribution is 2.32. The van der Waals surface area contributed by atoms with E-state index >= 15 is 0 Å². The normalized spacial score (nSPS) is 17.2. The first-order valence-electron chi connectivity index (χ1n) is 7.08. The number of carbonyl (C=O) groups excluding carboxylic acids is 1. The van der Waals surface area contributed by atoms with E-state index in [-0.39, 0.29) is 11.9 Å². The van der Waals surface area contributed by atoms with Gasteiger partial charge in [0.05, 0.1) is 13.2 Å². The SMILES string of the molecule is COc1ccc2c(c1)C(C)N(C(=O)c1ccncc1)CC2. The number of carbonyl (C=O) groups is 1. The van der Waals surface area contributed by atoms with Crippen molar-refractivity contribution < 1.29 is 9.53 Å². The van der Waals surface area contributed by atoms with Crippen molar-refractivity contribution in [3.05, 3.63) is 59.4 Å². The summed E-state index contributed by atoms with van der Waals surface area (Å²) in [7, 11) is 1.66. The van der Waals surface area contributed by atoms with Crippen LogP contribution in [0.1, 0.15) is 34.5 Å². The van der Waals surface area contributed by atoms with Gasteiger partial charge in [0.25, 0.3) is 5.91 Å². The molecular formula is C17H18N2O2. The lowest BCUT2D eigenvalue weighted by molar-refractivity contribution is 0.0677. The lowest BCUT2D eigenvalue weighted by Gasteiger charge is -2.35. The fraction of sp³-hybridized carbons (Fsp3) is 0.294. The van der Waals surface area contributed by atoms with Crippen LogP contribution in [0.15, 0.2) is 42.7 Å². The molecule has 1 aliphatic rings. The molecule has 1 atom stereocenters. The van der Waals surface area contributed by atoms with Gasteiger partial charge in [-0.2, -0.15) is 0 Å². The molecule has 1 aromatic carbocycles. The molecule has 4 heteroatoms. The van der Waals surface area contributed by atoms with Crippen LogP contribution in [-0.4, -0.2) is 29.4 Å². The molecule has 21 heavy (non-hydrogen) atoms. The van der Waals surface area contributed by atoms with E-state index in [9.17, 15) is 4.79 Å². The first-order chi connectivity index (χ1) is 10.2. The number of benzene rings is 1. The van der Waals surface area contributed by atoms with Gasteiger partial charge in [0, 0.05) is 24.5 Å². The summed E-state index contributed by atoms with van der Waals surface area (Å²) in [6, 6.07) is 9.67. The predicted octanol–water partition coefficient (Wildman–Crippen LogP) is 2.85. The van der Waals surface area contributed by atoms with Gasteiger partial charge in [0.15, 0.2) is 0 Å². The second-order valence-corrected chi connectivity index (χ2v) is 5.23. The highest BCUT2D eigenvalue weighted by atomic mass is 16.5. The van der Waals surface area contributed by atoms with E-state index in [1.165, 1.54) is 11.1 Å². The monoisotopic (exact) mass is 282 g/mol. The zero-order valence-corrected chi connectivity index (χ0v) is 12.2. The number of ether oxygens (including phenoxy) is 1. The molecule has 0 aliphatic carbocycles. The van der Waals surface area contributed by atoms with E-state index < -0.39 is 0 Å². The Bertz CT molecular complexity index is 655. The minimum absolute atomic E-state index is 0.0458. The Kier molecular flexibility index (Phi) is 3.60. The van der Waals surface area contributed by atoms with Crippen molar-refractivity contribution in [2.24, 2.45) is 0 Å². The molecule has 1 amide bonds. The number of methoxy groups -OCH3 is 1. The summed E-state index contributed by atoms with van der Waals surface area (Å²) in [6.07, 6.45) is 4.18. The molecule has 1 aliphatic heterocycles. The maximum Gasteiger partial charge on any atom is 0.254 e. The third-order valence-electron chi connectivity index (χ3n) is 4.08. The van der Waals surface area contributed by atoms with Crippen molar-refractivity contribution in [3.8, 4) is 5.75 Å². The lowest BCUT2D eigenvalue weighted by atomic mass is 9.92. The molecule has 4 nitrogen and oxygen atoms in total. The first-order valence-corrected chi connectivity index (χ1v) is 7.08. The van der Waals surface area contributed by atoms with Crippen LogP contribution < -0.4 is 4.74 Å². The molecule has 2 aromatic rings. The Morgan fingerprint density at radius 3 is 2.76 bits per heavy atom. The molecule has 2 heterocycles. The Morgan fingerprint density at radius 2 is 2.05 bits per heavy atom. The van der Waals surface area contributed by atoms with Gasteiger partial charge >= 0.3 is 0 Å². The summed E-state index contributed by atoms with van der Waals surface area (Å²) in [5.41, 5.74) is 3.15. The van der Waals surface area contributed by atoms with Crippen LogP contribution in [0.25, 0.3) is 0 Å². The Balaban J connectivity index is 1.91. The van der Waals surface area contributed by atoms with Crippen LogP contribution >= 0.6 is 0 Å². The molecule has 0 fully saturated rings. The molecule has 1 aromatic heterocycles. The molecule has 108 valence electrons. The number of hydrogen-bond acceptors (Lipinski definition) is 3. The second-order valence-electron chi connectivity index (χ2n) is 5.23.